The Kier molecular flexibility index (Phi) is 4.01. The Labute approximate surface area is 115 Å². The van der Waals surface area contributed by atoms with Gasteiger partial charge in [0.2, 0.25) is 0 Å². The van der Waals surface area contributed by atoms with Crippen LogP contribution in [0, 0.1) is 6.92 Å². The summed E-state index contributed by atoms with van der Waals surface area (Å²) in [6.45, 7) is 4.04. The van der Waals surface area contributed by atoms with E-state index < -0.39 is 0 Å². The van der Waals surface area contributed by atoms with E-state index in [2.05, 4.69) is 38.1 Å². The van der Waals surface area contributed by atoms with Gasteiger partial charge in [-0.2, -0.15) is 0 Å². The minimum atomic E-state index is 0.624. The summed E-state index contributed by atoms with van der Waals surface area (Å²) in [6.07, 6.45) is 1.94. The second-order valence-corrected chi connectivity index (χ2v) is 4.86. The van der Waals surface area contributed by atoms with Crippen LogP contribution in [-0.2, 0) is 6.42 Å². The van der Waals surface area contributed by atoms with Crippen LogP contribution in [0.15, 0.2) is 21.0 Å². The molecule has 4 nitrogen and oxygen atoms in total. The zero-order chi connectivity index (χ0) is 13.1. The van der Waals surface area contributed by atoms with Crippen molar-refractivity contribution >= 4 is 21.7 Å². The summed E-state index contributed by atoms with van der Waals surface area (Å²) >= 11 is 3.54. The minimum absolute atomic E-state index is 0.624. The Morgan fingerprint density at radius 1 is 1.33 bits per heavy atom. The monoisotopic (exact) mass is 309 g/mol. The normalized spacial score (nSPS) is 10.7. The molecule has 96 valence electrons. The molecule has 2 aromatic heterocycles. The van der Waals surface area contributed by atoms with Crippen molar-refractivity contribution in [1.29, 1.82) is 0 Å². The fourth-order valence-corrected chi connectivity index (χ4v) is 2.30. The molecule has 2 heterocycles. The predicted octanol–water partition coefficient (Wildman–Crippen LogP) is 3.80. The van der Waals surface area contributed by atoms with Crippen LogP contribution in [-0.4, -0.2) is 17.0 Å². The number of nitrogens with one attached hydrogen (secondary N) is 1. The number of aromatic nitrogens is 2. The summed E-state index contributed by atoms with van der Waals surface area (Å²) in [7, 11) is 1.85. The van der Waals surface area contributed by atoms with Gasteiger partial charge in [-0.15, -0.1) is 0 Å². The molecule has 0 unspecified atom stereocenters. The minimum Gasteiger partial charge on any atom is -0.458 e. The van der Waals surface area contributed by atoms with Crippen molar-refractivity contribution in [3.63, 3.8) is 0 Å². The molecule has 0 saturated carbocycles. The first-order valence-corrected chi connectivity index (χ1v) is 6.76. The van der Waals surface area contributed by atoms with Crippen LogP contribution in [0.5, 0.6) is 0 Å². The lowest BCUT2D eigenvalue weighted by Gasteiger charge is -2.09. The SMILES string of the molecule is CCCc1nc(-c2ccc(C)o2)nc(NC)c1Br. The first kappa shape index (κ1) is 13.1. The topological polar surface area (TPSA) is 51.0 Å². The van der Waals surface area contributed by atoms with Gasteiger partial charge in [0.15, 0.2) is 11.6 Å². The number of rotatable bonds is 4. The highest BCUT2D eigenvalue weighted by Gasteiger charge is 2.14. The summed E-state index contributed by atoms with van der Waals surface area (Å²) in [4.78, 5) is 9.02. The van der Waals surface area contributed by atoms with Gasteiger partial charge in [0, 0.05) is 7.05 Å². The second kappa shape index (κ2) is 5.52. The lowest BCUT2D eigenvalue weighted by Crippen LogP contribution is -2.03. The van der Waals surface area contributed by atoms with Gasteiger partial charge in [0.25, 0.3) is 0 Å². The summed E-state index contributed by atoms with van der Waals surface area (Å²) in [6, 6.07) is 3.81. The van der Waals surface area contributed by atoms with Crippen LogP contribution >= 0.6 is 15.9 Å². The van der Waals surface area contributed by atoms with E-state index in [1.807, 2.05) is 26.1 Å². The fraction of sp³-hybridized carbons (Fsp3) is 0.385. The van der Waals surface area contributed by atoms with Gasteiger partial charge in [0.1, 0.15) is 11.6 Å². The van der Waals surface area contributed by atoms with Crippen LogP contribution in [0.25, 0.3) is 11.6 Å². The largest absolute Gasteiger partial charge is 0.458 e. The van der Waals surface area contributed by atoms with Gasteiger partial charge in [-0.3, -0.25) is 0 Å². The summed E-state index contributed by atoms with van der Waals surface area (Å²) in [5.41, 5.74) is 1.00. The molecule has 0 aliphatic heterocycles. The number of hydrogen-bond acceptors (Lipinski definition) is 4. The smallest absolute Gasteiger partial charge is 0.197 e. The van der Waals surface area contributed by atoms with Crippen LogP contribution in [0.4, 0.5) is 5.82 Å². The molecule has 0 spiro atoms. The van der Waals surface area contributed by atoms with Gasteiger partial charge in [-0.25, -0.2) is 9.97 Å². The van der Waals surface area contributed by atoms with Gasteiger partial charge >= 0.3 is 0 Å². The molecule has 18 heavy (non-hydrogen) atoms. The van der Waals surface area contributed by atoms with Crippen molar-refractivity contribution in [2.75, 3.05) is 12.4 Å². The maximum Gasteiger partial charge on any atom is 0.197 e. The van der Waals surface area contributed by atoms with E-state index in [0.29, 0.717) is 11.6 Å². The summed E-state index contributed by atoms with van der Waals surface area (Å²) in [5.74, 6) is 2.98. The van der Waals surface area contributed by atoms with Crippen LogP contribution in [0.2, 0.25) is 0 Å². The van der Waals surface area contributed by atoms with Gasteiger partial charge in [-0.1, -0.05) is 13.3 Å². The van der Waals surface area contributed by atoms with E-state index in [0.717, 1.165) is 34.6 Å². The maximum atomic E-state index is 5.57. The Morgan fingerprint density at radius 3 is 2.67 bits per heavy atom. The zero-order valence-electron chi connectivity index (χ0n) is 10.7. The molecule has 0 amide bonds. The molecule has 0 aliphatic carbocycles. The average Bonchev–Trinajstić information content (AvgIpc) is 2.79. The zero-order valence-corrected chi connectivity index (χ0v) is 12.3. The summed E-state index contributed by atoms with van der Waals surface area (Å²) in [5, 5.41) is 3.07. The van der Waals surface area contributed by atoms with E-state index in [1.165, 1.54) is 0 Å². The van der Waals surface area contributed by atoms with Crippen LogP contribution < -0.4 is 5.32 Å². The summed E-state index contributed by atoms with van der Waals surface area (Å²) < 4.78 is 6.50. The average molecular weight is 310 g/mol. The molecule has 1 N–H and O–H groups in total. The highest BCUT2D eigenvalue weighted by molar-refractivity contribution is 9.10. The van der Waals surface area contributed by atoms with E-state index in [4.69, 9.17) is 4.42 Å². The maximum absolute atomic E-state index is 5.57. The quantitative estimate of drug-likeness (QED) is 0.933. The first-order valence-electron chi connectivity index (χ1n) is 5.96. The molecule has 0 saturated heterocycles. The molecular formula is C13H16BrN3O. The number of hydrogen-bond donors (Lipinski definition) is 1. The number of halogens is 1. The molecule has 0 radical (unpaired) electrons. The van der Waals surface area contributed by atoms with E-state index in [9.17, 15) is 0 Å². The number of aryl methyl sites for hydroxylation is 2. The highest BCUT2D eigenvalue weighted by atomic mass is 79.9. The molecule has 5 heteroatoms. The first-order chi connectivity index (χ1) is 8.65. The third kappa shape index (κ3) is 2.56. The van der Waals surface area contributed by atoms with E-state index in [-0.39, 0.29) is 0 Å². The van der Waals surface area contributed by atoms with Crippen molar-refractivity contribution in [3.8, 4) is 11.6 Å². The Balaban J connectivity index is 2.51. The molecular weight excluding hydrogens is 294 g/mol. The van der Waals surface area contributed by atoms with E-state index in [1.54, 1.807) is 0 Å². The molecule has 2 aromatic rings. The lowest BCUT2D eigenvalue weighted by molar-refractivity contribution is 0.543. The Morgan fingerprint density at radius 2 is 2.11 bits per heavy atom. The predicted molar refractivity (Wildman–Crippen MR) is 75.7 cm³/mol. The molecule has 0 atom stereocenters. The third-order valence-electron chi connectivity index (χ3n) is 2.60. The Hall–Kier alpha value is -1.36. The third-order valence-corrected chi connectivity index (χ3v) is 3.44. The van der Waals surface area contributed by atoms with Crippen molar-refractivity contribution in [3.05, 3.63) is 28.1 Å². The molecule has 0 bridgehead atoms. The number of nitrogens with zero attached hydrogens (tertiary/aromatic N) is 2. The van der Waals surface area contributed by atoms with Crippen molar-refractivity contribution in [2.45, 2.75) is 26.7 Å². The Bertz CT molecular complexity index is 551. The van der Waals surface area contributed by atoms with E-state index >= 15 is 0 Å². The van der Waals surface area contributed by atoms with Gasteiger partial charge < -0.3 is 9.73 Å². The van der Waals surface area contributed by atoms with Crippen molar-refractivity contribution in [2.24, 2.45) is 0 Å². The van der Waals surface area contributed by atoms with Gasteiger partial charge in [0.05, 0.1) is 10.2 Å². The van der Waals surface area contributed by atoms with Crippen molar-refractivity contribution in [1.82, 2.24) is 9.97 Å². The second-order valence-electron chi connectivity index (χ2n) is 4.07. The van der Waals surface area contributed by atoms with Crippen LogP contribution in [0.3, 0.4) is 0 Å². The van der Waals surface area contributed by atoms with Crippen molar-refractivity contribution < 1.29 is 4.42 Å². The van der Waals surface area contributed by atoms with Crippen LogP contribution in [0.1, 0.15) is 24.8 Å². The molecule has 0 aromatic carbocycles. The fourth-order valence-electron chi connectivity index (χ4n) is 1.73. The molecule has 0 aliphatic rings. The lowest BCUT2D eigenvalue weighted by atomic mass is 10.2. The number of furan rings is 1. The highest BCUT2D eigenvalue weighted by Crippen LogP contribution is 2.28. The molecule has 2 rings (SSSR count). The van der Waals surface area contributed by atoms with Gasteiger partial charge in [-0.05, 0) is 41.4 Å². The molecule has 0 fully saturated rings. The number of anilines is 1. The standard InChI is InChI=1S/C13H16BrN3O/c1-4-5-9-11(14)13(15-3)17-12(16-9)10-7-6-8(2)18-10/h6-7H,4-5H2,1-3H3,(H,15,16,17).